The van der Waals surface area contributed by atoms with Gasteiger partial charge < -0.3 is 9.80 Å². The highest BCUT2D eigenvalue weighted by atomic mass is 16.2. The number of anilines is 1. The molecule has 1 fully saturated rings. The quantitative estimate of drug-likeness (QED) is 0.848. The van der Waals surface area contributed by atoms with E-state index < -0.39 is 0 Å². The predicted molar refractivity (Wildman–Crippen MR) is 96.3 cm³/mol. The lowest BCUT2D eigenvalue weighted by Crippen LogP contribution is -2.44. The Labute approximate surface area is 143 Å². The minimum absolute atomic E-state index is 0.157. The van der Waals surface area contributed by atoms with Gasteiger partial charge in [0.1, 0.15) is 0 Å². The van der Waals surface area contributed by atoms with Crippen LogP contribution < -0.4 is 4.90 Å². The maximum Gasteiger partial charge on any atom is 0.256 e. The van der Waals surface area contributed by atoms with Crippen molar-refractivity contribution >= 4 is 11.6 Å². The largest absolute Gasteiger partial charge is 0.377 e. The molecule has 1 aromatic carbocycles. The van der Waals surface area contributed by atoms with Crippen LogP contribution in [0.2, 0.25) is 0 Å². The Hall–Kier alpha value is -2.30. The molecule has 0 saturated carbocycles. The van der Waals surface area contributed by atoms with Crippen molar-refractivity contribution in [2.24, 2.45) is 0 Å². The third kappa shape index (κ3) is 3.61. The topological polar surface area (TPSA) is 41.4 Å². The third-order valence-electron chi connectivity index (χ3n) is 4.75. The zero-order valence-electron chi connectivity index (χ0n) is 14.6. The summed E-state index contributed by atoms with van der Waals surface area (Å²) in [5.74, 6) is 0.157. The van der Waals surface area contributed by atoms with Gasteiger partial charge in [0.2, 0.25) is 0 Å². The number of amides is 1. The van der Waals surface area contributed by atoms with Crippen LogP contribution in [-0.4, -0.2) is 47.3 Å². The van der Waals surface area contributed by atoms with E-state index in [1.165, 1.54) is 6.42 Å². The molecule has 1 aromatic heterocycles. The number of hydrogen-bond acceptors (Lipinski definition) is 3. The van der Waals surface area contributed by atoms with Gasteiger partial charge in [-0.25, -0.2) is 0 Å². The SMILES string of the molecule is CN(C)c1ccccc1C(=O)N1CCCCC1CCn1cccn1. The second kappa shape index (κ2) is 7.51. The first-order valence-corrected chi connectivity index (χ1v) is 8.71. The summed E-state index contributed by atoms with van der Waals surface area (Å²) in [6.45, 7) is 1.71. The van der Waals surface area contributed by atoms with E-state index in [-0.39, 0.29) is 5.91 Å². The zero-order chi connectivity index (χ0) is 16.9. The van der Waals surface area contributed by atoms with E-state index in [1.807, 2.05) is 60.2 Å². The Morgan fingerprint density at radius 2 is 2.08 bits per heavy atom. The summed E-state index contributed by atoms with van der Waals surface area (Å²) in [5, 5.41) is 4.27. The van der Waals surface area contributed by atoms with E-state index >= 15 is 0 Å². The van der Waals surface area contributed by atoms with Gasteiger partial charge in [-0.1, -0.05) is 12.1 Å². The van der Waals surface area contributed by atoms with Crippen LogP contribution in [0, 0.1) is 0 Å². The normalized spacial score (nSPS) is 17.8. The van der Waals surface area contributed by atoms with Crippen LogP contribution in [0.3, 0.4) is 0 Å². The molecule has 0 bridgehead atoms. The minimum Gasteiger partial charge on any atom is -0.377 e. The summed E-state index contributed by atoms with van der Waals surface area (Å²) in [6, 6.07) is 10.1. The molecular weight excluding hydrogens is 300 g/mol. The summed E-state index contributed by atoms with van der Waals surface area (Å²) < 4.78 is 1.95. The molecule has 5 nitrogen and oxygen atoms in total. The third-order valence-corrected chi connectivity index (χ3v) is 4.75. The number of benzene rings is 1. The van der Waals surface area contributed by atoms with Gasteiger partial charge in [0, 0.05) is 51.3 Å². The number of likely N-dealkylation sites (tertiary alicyclic amines) is 1. The molecule has 0 aliphatic carbocycles. The lowest BCUT2D eigenvalue weighted by atomic mass is 9.97. The number of carbonyl (C=O) groups is 1. The van der Waals surface area contributed by atoms with Gasteiger partial charge in [0.05, 0.1) is 5.56 Å². The van der Waals surface area contributed by atoms with Crippen molar-refractivity contribution in [2.45, 2.75) is 38.3 Å². The minimum atomic E-state index is 0.157. The zero-order valence-corrected chi connectivity index (χ0v) is 14.6. The first-order chi connectivity index (χ1) is 11.7. The molecule has 1 saturated heterocycles. The number of hydrogen-bond donors (Lipinski definition) is 0. The fraction of sp³-hybridized carbons (Fsp3) is 0.474. The van der Waals surface area contributed by atoms with Crippen molar-refractivity contribution in [3.63, 3.8) is 0 Å². The van der Waals surface area contributed by atoms with Gasteiger partial charge in [-0.15, -0.1) is 0 Å². The molecule has 2 aromatic rings. The molecule has 0 radical (unpaired) electrons. The smallest absolute Gasteiger partial charge is 0.256 e. The van der Waals surface area contributed by atoms with Gasteiger partial charge in [0.15, 0.2) is 0 Å². The number of para-hydroxylation sites is 1. The van der Waals surface area contributed by atoms with E-state index in [0.29, 0.717) is 6.04 Å². The highest BCUT2D eigenvalue weighted by molar-refractivity contribution is 6.00. The Morgan fingerprint density at radius 1 is 1.25 bits per heavy atom. The average Bonchev–Trinajstić information content (AvgIpc) is 3.13. The van der Waals surface area contributed by atoms with Crippen LogP contribution in [-0.2, 0) is 6.54 Å². The second-order valence-electron chi connectivity index (χ2n) is 6.62. The Bertz CT molecular complexity index is 666. The molecule has 128 valence electrons. The summed E-state index contributed by atoms with van der Waals surface area (Å²) in [7, 11) is 3.97. The predicted octanol–water partition coefficient (Wildman–Crippen LogP) is 3.03. The first-order valence-electron chi connectivity index (χ1n) is 8.71. The summed E-state index contributed by atoms with van der Waals surface area (Å²) in [6.07, 6.45) is 8.11. The standard InChI is InChI=1S/C19H26N4O/c1-21(2)18-10-4-3-9-17(18)19(24)23-14-6-5-8-16(23)11-15-22-13-7-12-20-22/h3-4,7,9-10,12-13,16H,5-6,8,11,14-15H2,1-2H3. The molecule has 1 unspecified atom stereocenters. The molecule has 1 aliphatic heterocycles. The van der Waals surface area contributed by atoms with E-state index in [4.69, 9.17) is 0 Å². The average molecular weight is 326 g/mol. The van der Waals surface area contributed by atoms with Crippen LogP contribution >= 0.6 is 0 Å². The second-order valence-corrected chi connectivity index (χ2v) is 6.62. The molecule has 1 amide bonds. The molecule has 5 heteroatoms. The maximum absolute atomic E-state index is 13.2. The van der Waals surface area contributed by atoms with E-state index in [9.17, 15) is 4.79 Å². The van der Waals surface area contributed by atoms with Crippen LogP contribution in [0.5, 0.6) is 0 Å². The molecule has 0 N–H and O–H groups in total. The lowest BCUT2D eigenvalue weighted by molar-refractivity contribution is 0.0594. The molecule has 1 aliphatic rings. The van der Waals surface area contributed by atoms with Gasteiger partial charge in [0.25, 0.3) is 5.91 Å². The van der Waals surface area contributed by atoms with Crippen LogP contribution in [0.15, 0.2) is 42.7 Å². The molecule has 24 heavy (non-hydrogen) atoms. The summed E-state index contributed by atoms with van der Waals surface area (Å²) >= 11 is 0. The number of carbonyl (C=O) groups excluding carboxylic acids is 1. The van der Waals surface area contributed by atoms with Gasteiger partial charge >= 0.3 is 0 Å². The fourth-order valence-electron chi connectivity index (χ4n) is 3.48. The molecule has 2 heterocycles. The highest BCUT2D eigenvalue weighted by Gasteiger charge is 2.28. The van der Waals surface area contributed by atoms with Crippen molar-refractivity contribution in [3.8, 4) is 0 Å². The highest BCUT2D eigenvalue weighted by Crippen LogP contribution is 2.26. The molecule has 1 atom stereocenters. The van der Waals surface area contributed by atoms with Crippen molar-refractivity contribution in [3.05, 3.63) is 48.3 Å². The van der Waals surface area contributed by atoms with Crippen LogP contribution in [0.25, 0.3) is 0 Å². The van der Waals surface area contributed by atoms with Gasteiger partial charge in [-0.3, -0.25) is 9.48 Å². The van der Waals surface area contributed by atoms with Gasteiger partial charge in [-0.05, 0) is 43.9 Å². The molecular formula is C19H26N4O. The first kappa shape index (κ1) is 16.6. The van der Waals surface area contributed by atoms with Crippen molar-refractivity contribution in [2.75, 3.05) is 25.5 Å². The fourth-order valence-corrected chi connectivity index (χ4v) is 3.48. The van der Waals surface area contributed by atoms with E-state index in [0.717, 1.165) is 43.6 Å². The van der Waals surface area contributed by atoms with Gasteiger partial charge in [-0.2, -0.15) is 5.10 Å². The molecule has 3 rings (SSSR count). The Balaban J connectivity index is 1.76. The Kier molecular flexibility index (Phi) is 5.18. The van der Waals surface area contributed by atoms with Crippen molar-refractivity contribution in [1.29, 1.82) is 0 Å². The van der Waals surface area contributed by atoms with E-state index in [2.05, 4.69) is 10.00 Å². The van der Waals surface area contributed by atoms with Crippen molar-refractivity contribution in [1.82, 2.24) is 14.7 Å². The van der Waals surface area contributed by atoms with E-state index in [1.54, 1.807) is 6.20 Å². The van der Waals surface area contributed by atoms with Crippen LogP contribution in [0.4, 0.5) is 5.69 Å². The summed E-state index contributed by atoms with van der Waals surface area (Å²) in [5.41, 5.74) is 1.78. The lowest BCUT2D eigenvalue weighted by Gasteiger charge is -2.36. The van der Waals surface area contributed by atoms with Crippen LogP contribution in [0.1, 0.15) is 36.0 Å². The number of piperidine rings is 1. The molecule has 0 spiro atoms. The maximum atomic E-state index is 13.2. The number of rotatable bonds is 5. The summed E-state index contributed by atoms with van der Waals surface area (Å²) in [4.78, 5) is 17.3. The number of nitrogens with zero attached hydrogens (tertiary/aromatic N) is 4. The number of aryl methyl sites for hydroxylation is 1. The van der Waals surface area contributed by atoms with Crippen molar-refractivity contribution < 1.29 is 4.79 Å². The number of aromatic nitrogens is 2. The Morgan fingerprint density at radius 3 is 2.83 bits per heavy atom. The monoisotopic (exact) mass is 326 g/mol.